The molecule has 0 saturated carbocycles. The van der Waals surface area contributed by atoms with Crippen molar-refractivity contribution in [3.63, 3.8) is 0 Å². The molecule has 1 aliphatic heterocycles. The summed E-state index contributed by atoms with van der Waals surface area (Å²) in [5, 5.41) is 14.2. The van der Waals surface area contributed by atoms with Crippen LogP contribution in [-0.4, -0.2) is 29.3 Å². The molecule has 0 radical (unpaired) electrons. The van der Waals surface area contributed by atoms with Crippen LogP contribution in [0.4, 0.5) is 4.39 Å². The van der Waals surface area contributed by atoms with Crippen LogP contribution in [0.1, 0.15) is 12.0 Å². The lowest BCUT2D eigenvalue weighted by Crippen LogP contribution is -2.40. The van der Waals surface area contributed by atoms with Crippen LogP contribution in [0.3, 0.4) is 0 Å². The Kier molecular flexibility index (Phi) is 3.06. The second kappa shape index (κ2) is 4.71. The Morgan fingerprint density at radius 1 is 1.39 bits per heavy atom. The van der Waals surface area contributed by atoms with Crippen molar-refractivity contribution in [2.45, 2.75) is 18.9 Å². The van der Waals surface area contributed by atoms with Crippen LogP contribution in [0.2, 0.25) is 0 Å². The predicted octanol–water partition coefficient (Wildman–Crippen LogP) is 1.82. The normalized spacial score (nSPS) is 24.6. The third-order valence-corrected chi connectivity index (χ3v) is 3.80. The minimum absolute atomic E-state index is 0.209. The Morgan fingerprint density at radius 2 is 2.28 bits per heavy atom. The Hall–Kier alpha value is -1.39. The van der Waals surface area contributed by atoms with Crippen LogP contribution in [0.5, 0.6) is 0 Å². The van der Waals surface area contributed by atoms with Crippen LogP contribution in [-0.2, 0) is 6.42 Å². The van der Waals surface area contributed by atoms with E-state index in [-0.39, 0.29) is 17.8 Å². The molecule has 0 bridgehead atoms. The zero-order valence-corrected chi connectivity index (χ0v) is 10.1. The summed E-state index contributed by atoms with van der Waals surface area (Å²) in [7, 11) is 0. The number of H-pyrrole nitrogens is 1. The van der Waals surface area contributed by atoms with Crippen LogP contribution < -0.4 is 5.32 Å². The summed E-state index contributed by atoms with van der Waals surface area (Å²) < 4.78 is 13.6. The SMILES string of the molecule is OC1CCNCC1Cc1c[nH]c2c(F)cccc12. The average Bonchev–Trinajstić information content (AvgIpc) is 2.77. The fourth-order valence-electron chi connectivity index (χ4n) is 2.74. The van der Waals surface area contributed by atoms with Crippen molar-refractivity contribution in [2.75, 3.05) is 13.1 Å². The number of halogens is 1. The minimum Gasteiger partial charge on any atom is -0.393 e. The number of hydrogen-bond acceptors (Lipinski definition) is 2. The summed E-state index contributed by atoms with van der Waals surface area (Å²) in [4.78, 5) is 2.98. The summed E-state index contributed by atoms with van der Waals surface area (Å²) >= 11 is 0. The number of para-hydroxylation sites is 1. The van der Waals surface area contributed by atoms with Crippen molar-refractivity contribution in [1.82, 2.24) is 10.3 Å². The maximum Gasteiger partial charge on any atom is 0.147 e. The van der Waals surface area contributed by atoms with Crippen molar-refractivity contribution in [2.24, 2.45) is 5.92 Å². The Bertz CT molecular complexity index is 552. The Morgan fingerprint density at radius 3 is 3.11 bits per heavy atom. The molecular weight excluding hydrogens is 231 g/mol. The number of nitrogens with one attached hydrogen (secondary N) is 2. The largest absolute Gasteiger partial charge is 0.393 e. The standard InChI is InChI=1S/C14H17FN2O/c15-12-3-1-2-11-9(8-17-14(11)12)6-10-7-16-5-4-13(10)18/h1-3,8,10,13,16-18H,4-7H2. The van der Waals surface area contributed by atoms with Gasteiger partial charge < -0.3 is 15.4 Å². The second-order valence-electron chi connectivity index (χ2n) is 5.00. The third kappa shape index (κ3) is 2.02. The van der Waals surface area contributed by atoms with E-state index in [2.05, 4.69) is 10.3 Å². The summed E-state index contributed by atoms with van der Waals surface area (Å²) in [5.41, 5.74) is 1.64. The van der Waals surface area contributed by atoms with Crippen molar-refractivity contribution >= 4 is 10.9 Å². The second-order valence-corrected chi connectivity index (χ2v) is 5.00. The van der Waals surface area contributed by atoms with Gasteiger partial charge in [-0.3, -0.25) is 0 Å². The minimum atomic E-state index is -0.259. The van der Waals surface area contributed by atoms with Crippen molar-refractivity contribution in [3.8, 4) is 0 Å². The first-order valence-electron chi connectivity index (χ1n) is 6.39. The molecule has 3 N–H and O–H groups in total. The molecule has 3 nitrogen and oxygen atoms in total. The molecule has 1 aromatic heterocycles. The quantitative estimate of drug-likeness (QED) is 0.759. The van der Waals surface area contributed by atoms with Gasteiger partial charge in [0.1, 0.15) is 5.82 Å². The van der Waals surface area contributed by atoms with Gasteiger partial charge in [0.05, 0.1) is 11.6 Å². The van der Waals surface area contributed by atoms with Gasteiger partial charge in [0.25, 0.3) is 0 Å². The van der Waals surface area contributed by atoms with E-state index >= 15 is 0 Å². The molecule has 18 heavy (non-hydrogen) atoms. The van der Waals surface area contributed by atoms with Crippen LogP contribution in [0.25, 0.3) is 10.9 Å². The molecule has 96 valence electrons. The lowest BCUT2D eigenvalue weighted by Gasteiger charge is -2.28. The molecule has 2 unspecified atom stereocenters. The molecule has 1 fully saturated rings. The number of aliphatic hydroxyl groups excluding tert-OH is 1. The molecule has 4 heteroatoms. The van der Waals surface area contributed by atoms with Crippen LogP contribution in [0.15, 0.2) is 24.4 Å². The highest BCUT2D eigenvalue weighted by Crippen LogP contribution is 2.25. The van der Waals surface area contributed by atoms with Crippen molar-refractivity contribution in [3.05, 3.63) is 35.8 Å². The monoisotopic (exact) mass is 248 g/mol. The van der Waals surface area contributed by atoms with Gasteiger partial charge in [0.2, 0.25) is 0 Å². The number of aliphatic hydroxyl groups is 1. The van der Waals surface area contributed by atoms with E-state index in [1.165, 1.54) is 6.07 Å². The Labute approximate surface area is 105 Å². The number of hydrogen-bond donors (Lipinski definition) is 3. The van der Waals surface area contributed by atoms with E-state index in [1.807, 2.05) is 12.3 Å². The maximum atomic E-state index is 13.6. The molecule has 0 spiro atoms. The summed E-state index contributed by atoms with van der Waals surface area (Å²) in [6.45, 7) is 1.70. The average molecular weight is 248 g/mol. The van der Waals surface area contributed by atoms with E-state index in [9.17, 15) is 9.50 Å². The van der Waals surface area contributed by atoms with E-state index in [4.69, 9.17) is 0 Å². The maximum absolute atomic E-state index is 13.6. The lowest BCUT2D eigenvalue weighted by atomic mass is 9.89. The first-order valence-corrected chi connectivity index (χ1v) is 6.39. The van der Waals surface area contributed by atoms with E-state index in [0.717, 1.165) is 36.9 Å². The number of rotatable bonds is 2. The fraction of sp³-hybridized carbons (Fsp3) is 0.429. The highest BCUT2D eigenvalue weighted by Gasteiger charge is 2.24. The van der Waals surface area contributed by atoms with E-state index in [0.29, 0.717) is 5.52 Å². The number of piperidine rings is 1. The molecule has 1 aliphatic rings. The highest BCUT2D eigenvalue weighted by molar-refractivity contribution is 5.83. The molecule has 0 aliphatic carbocycles. The van der Waals surface area contributed by atoms with E-state index in [1.54, 1.807) is 6.07 Å². The van der Waals surface area contributed by atoms with Gasteiger partial charge in [0, 0.05) is 24.0 Å². The molecule has 1 saturated heterocycles. The fourth-order valence-corrected chi connectivity index (χ4v) is 2.74. The van der Waals surface area contributed by atoms with Gasteiger partial charge in [-0.05, 0) is 31.0 Å². The van der Waals surface area contributed by atoms with Crippen LogP contribution in [0, 0.1) is 11.7 Å². The highest BCUT2D eigenvalue weighted by atomic mass is 19.1. The van der Waals surface area contributed by atoms with Gasteiger partial charge in [-0.15, -0.1) is 0 Å². The zero-order chi connectivity index (χ0) is 12.5. The topological polar surface area (TPSA) is 48.0 Å². The molecule has 2 heterocycles. The van der Waals surface area contributed by atoms with Crippen LogP contribution >= 0.6 is 0 Å². The van der Waals surface area contributed by atoms with Crippen molar-refractivity contribution in [1.29, 1.82) is 0 Å². The first-order chi connectivity index (χ1) is 8.75. The van der Waals surface area contributed by atoms with Crippen molar-refractivity contribution < 1.29 is 9.50 Å². The lowest BCUT2D eigenvalue weighted by molar-refractivity contribution is 0.0793. The van der Waals surface area contributed by atoms with Gasteiger partial charge in [0.15, 0.2) is 0 Å². The van der Waals surface area contributed by atoms with Gasteiger partial charge >= 0.3 is 0 Å². The first kappa shape index (κ1) is 11.7. The molecule has 2 aromatic rings. The van der Waals surface area contributed by atoms with Gasteiger partial charge in [-0.1, -0.05) is 12.1 Å². The third-order valence-electron chi connectivity index (χ3n) is 3.80. The Balaban J connectivity index is 1.88. The molecule has 3 rings (SSSR count). The smallest absolute Gasteiger partial charge is 0.147 e. The van der Waals surface area contributed by atoms with Gasteiger partial charge in [-0.25, -0.2) is 4.39 Å². The number of fused-ring (bicyclic) bond motifs is 1. The number of aromatic amines is 1. The van der Waals surface area contributed by atoms with Gasteiger partial charge in [-0.2, -0.15) is 0 Å². The molecule has 1 aromatic carbocycles. The zero-order valence-electron chi connectivity index (χ0n) is 10.1. The number of benzene rings is 1. The summed E-state index contributed by atoms with van der Waals surface area (Å²) in [5.74, 6) is -0.0120. The number of aromatic nitrogens is 1. The molecule has 0 amide bonds. The summed E-state index contributed by atoms with van der Waals surface area (Å²) in [6.07, 6.45) is 3.17. The van der Waals surface area contributed by atoms with E-state index < -0.39 is 0 Å². The molecule has 2 atom stereocenters. The summed E-state index contributed by atoms with van der Waals surface area (Å²) in [6, 6.07) is 5.11. The molecular formula is C14H17FN2O. The predicted molar refractivity (Wildman–Crippen MR) is 68.9 cm³/mol.